The molecule has 1 N–H and O–H groups in total. The summed E-state index contributed by atoms with van der Waals surface area (Å²) in [6, 6.07) is 6.18. The molecule has 1 atom stereocenters. The van der Waals surface area contributed by atoms with Gasteiger partial charge in [0, 0.05) is 55.8 Å². The number of amides is 1. The van der Waals surface area contributed by atoms with Crippen molar-refractivity contribution in [2.24, 2.45) is 5.92 Å². The average molecular weight is 372 g/mol. The summed E-state index contributed by atoms with van der Waals surface area (Å²) in [5, 5.41) is 7.37. The molecule has 0 bridgehead atoms. The van der Waals surface area contributed by atoms with Crippen molar-refractivity contribution in [3.05, 3.63) is 47.0 Å². The molecule has 0 radical (unpaired) electrons. The van der Waals surface area contributed by atoms with Crippen molar-refractivity contribution in [2.45, 2.75) is 25.8 Å². The van der Waals surface area contributed by atoms with Gasteiger partial charge < -0.3 is 14.5 Å². The number of rotatable bonds is 4. The number of carbonyl (C=O) groups excluding carboxylic acids is 1. The first kappa shape index (κ1) is 18.0. The Morgan fingerprint density at radius 2 is 2.30 bits per heavy atom. The summed E-state index contributed by atoms with van der Waals surface area (Å²) in [6.07, 6.45) is 2.84. The van der Waals surface area contributed by atoms with E-state index in [1.54, 1.807) is 12.1 Å². The van der Waals surface area contributed by atoms with Gasteiger partial charge in [-0.1, -0.05) is 6.07 Å². The van der Waals surface area contributed by atoms with Crippen molar-refractivity contribution >= 4 is 5.91 Å². The molecule has 6 nitrogen and oxygen atoms in total. The van der Waals surface area contributed by atoms with E-state index in [-0.39, 0.29) is 17.6 Å². The Labute approximate surface area is 158 Å². The third-order valence-electron chi connectivity index (χ3n) is 5.41. The monoisotopic (exact) mass is 372 g/mol. The van der Waals surface area contributed by atoms with Crippen LogP contribution in [0.2, 0.25) is 0 Å². The number of likely N-dealkylation sites (tertiary alicyclic amines) is 1. The van der Waals surface area contributed by atoms with Crippen LogP contribution in [0.5, 0.6) is 5.75 Å². The van der Waals surface area contributed by atoms with E-state index < -0.39 is 0 Å². The Balaban J connectivity index is 1.39. The van der Waals surface area contributed by atoms with Crippen molar-refractivity contribution in [1.29, 1.82) is 0 Å². The van der Waals surface area contributed by atoms with Crippen molar-refractivity contribution in [3.8, 4) is 5.75 Å². The molecule has 2 aliphatic heterocycles. The second-order valence-electron chi connectivity index (χ2n) is 7.54. The Morgan fingerprint density at radius 1 is 1.41 bits per heavy atom. The molecular weight excluding hydrogens is 347 g/mol. The first-order valence-electron chi connectivity index (χ1n) is 9.52. The van der Waals surface area contributed by atoms with Gasteiger partial charge in [0.15, 0.2) is 5.69 Å². The summed E-state index contributed by atoms with van der Waals surface area (Å²) >= 11 is 0. The van der Waals surface area contributed by atoms with Crippen molar-refractivity contribution < 1.29 is 13.9 Å². The highest BCUT2D eigenvalue weighted by atomic mass is 19.1. The summed E-state index contributed by atoms with van der Waals surface area (Å²) in [6.45, 7) is 3.60. The van der Waals surface area contributed by atoms with Gasteiger partial charge in [-0.3, -0.25) is 9.89 Å². The molecule has 144 valence electrons. The van der Waals surface area contributed by atoms with Crippen LogP contribution < -0.4 is 4.74 Å². The molecule has 2 aliphatic rings. The smallest absolute Gasteiger partial charge is 0.274 e. The summed E-state index contributed by atoms with van der Waals surface area (Å²) in [5.74, 6) is 0.464. The zero-order valence-electron chi connectivity index (χ0n) is 15.6. The number of halogens is 1. The Kier molecular flexibility index (Phi) is 5.11. The predicted octanol–water partition coefficient (Wildman–Crippen LogP) is 2.47. The van der Waals surface area contributed by atoms with E-state index in [1.165, 1.54) is 12.1 Å². The quantitative estimate of drug-likeness (QED) is 0.896. The van der Waals surface area contributed by atoms with Gasteiger partial charge in [0.2, 0.25) is 0 Å². The maximum atomic E-state index is 13.3. The van der Waals surface area contributed by atoms with E-state index >= 15 is 0 Å². The topological polar surface area (TPSA) is 61.5 Å². The zero-order chi connectivity index (χ0) is 18.8. The van der Waals surface area contributed by atoms with Gasteiger partial charge in [0.25, 0.3) is 5.91 Å². The van der Waals surface area contributed by atoms with Crippen LogP contribution in [0.25, 0.3) is 0 Å². The zero-order valence-corrected chi connectivity index (χ0v) is 15.6. The SMILES string of the molecule is CN1CCc2[nH]nc(C(=O)N3CCC[C@@H](COc4cccc(F)c4)C3)c2C1. The summed E-state index contributed by atoms with van der Waals surface area (Å²) in [7, 11) is 2.06. The van der Waals surface area contributed by atoms with E-state index in [2.05, 4.69) is 22.1 Å². The lowest BCUT2D eigenvalue weighted by atomic mass is 9.98. The van der Waals surface area contributed by atoms with Crippen molar-refractivity contribution in [1.82, 2.24) is 20.0 Å². The fourth-order valence-electron chi connectivity index (χ4n) is 3.91. The number of aromatic amines is 1. The second-order valence-corrected chi connectivity index (χ2v) is 7.54. The summed E-state index contributed by atoms with van der Waals surface area (Å²) in [4.78, 5) is 17.1. The standard InChI is InChI=1S/C20H25FN4O2/c1-24-9-7-18-17(12-24)19(23-22-18)20(26)25-8-3-4-14(11-25)13-27-16-6-2-5-15(21)10-16/h2,5-6,10,14H,3-4,7-9,11-13H2,1H3,(H,22,23)/t14-/m1/s1. The number of H-pyrrole nitrogens is 1. The first-order chi connectivity index (χ1) is 13.1. The van der Waals surface area contributed by atoms with Crippen LogP contribution in [0, 0.1) is 11.7 Å². The highest BCUT2D eigenvalue weighted by Crippen LogP contribution is 2.24. The van der Waals surface area contributed by atoms with Crippen molar-refractivity contribution in [2.75, 3.05) is 33.3 Å². The number of benzene rings is 1. The number of carbonyl (C=O) groups is 1. The van der Waals surface area contributed by atoms with E-state index in [4.69, 9.17) is 4.74 Å². The van der Waals surface area contributed by atoms with E-state index in [0.717, 1.165) is 50.2 Å². The Morgan fingerprint density at radius 3 is 3.15 bits per heavy atom. The number of fused-ring (bicyclic) bond motifs is 1. The van der Waals surface area contributed by atoms with Crippen LogP contribution in [0.4, 0.5) is 4.39 Å². The molecule has 27 heavy (non-hydrogen) atoms. The van der Waals surface area contributed by atoms with Crippen LogP contribution in [-0.4, -0.2) is 59.2 Å². The molecule has 0 spiro atoms. The fraction of sp³-hybridized carbons (Fsp3) is 0.500. The molecule has 1 aromatic carbocycles. The molecule has 3 heterocycles. The van der Waals surface area contributed by atoms with E-state index in [1.807, 2.05) is 4.90 Å². The highest BCUT2D eigenvalue weighted by molar-refractivity contribution is 5.94. The fourth-order valence-corrected chi connectivity index (χ4v) is 3.91. The molecule has 2 aromatic rings. The lowest BCUT2D eigenvalue weighted by Crippen LogP contribution is -2.42. The maximum Gasteiger partial charge on any atom is 0.274 e. The maximum absolute atomic E-state index is 13.3. The minimum absolute atomic E-state index is 0.00162. The number of nitrogens with zero attached hydrogens (tertiary/aromatic N) is 3. The lowest BCUT2D eigenvalue weighted by molar-refractivity contribution is 0.0625. The van der Waals surface area contributed by atoms with Gasteiger partial charge in [-0.25, -0.2) is 4.39 Å². The molecule has 1 fully saturated rings. The van der Waals surface area contributed by atoms with E-state index in [9.17, 15) is 9.18 Å². The molecule has 0 unspecified atom stereocenters. The van der Waals surface area contributed by atoms with Gasteiger partial charge in [0.1, 0.15) is 11.6 Å². The van der Waals surface area contributed by atoms with Crippen molar-refractivity contribution in [3.63, 3.8) is 0 Å². The average Bonchev–Trinajstić information content (AvgIpc) is 3.09. The molecule has 1 amide bonds. The summed E-state index contributed by atoms with van der Waals surface area (Å²) in [5.41, 5.74) is 2.68. The molecular formula is C20H25FN4O2. The van der Waals surface area contributed by atoms with Crippen LogP contribution in [0.1, 0.15) is 34.6 Å². The number of hydrogen-bond acceptors (Lipinski definition) is 4. The Hall–Kier alpha value is -2.41. The predicted molar refractivity (Wildman–Crippen MR) is 99.1 cm³/mol. The van der Waals surface area contributed by atoms with Gasteiger partial charge in [0.05, 0.1) is 6.61 Å². The highest BCUT2D eigenvalue weighted by Gasteiger charge is 2.30. The van der Waals surface area contributed by atoms with E-state index in [0.29, 0.717) is 24.6 Å². The third kappa shape index (κ3) is 3.98. The minimum Gasteiger partial charge on any atom is -0.493 e. The normalized spacial score (nSPS) is 20.4. The number of piperidine rings is 1. The number of nitrogens with one attached hydrogen (secondary N) is 1. The third-order valence-corrected chi connectivity index (χ3v) is 5.41. The van der Waals surface area contributed by atoms with Gasteiger partial charge in [-0.05, 0) is 32.0 Å². The number of ether oxygens (including phenoxy) is 1. The van der Waals surface area contributed by atoms with Gasteiger partial charge in [-0.15, -0.1) is 0 Å². The second kappa shape index (κ2) is 7.68. The first-order valence-corrected chi connectivity index (χ1v) is 9.52. The lowest BCUT2D eigenvalue weighted by Gasteiger charge is -2.32. The van der Waals surface area contributed by atoms with Crippen LogP contribution in [0.3, 0.4) is 0 Å². The van der Waals surface area contributed by atoms with Gasteiger partial charge in [-0.2, -0.15) is 5.10 Å². The van der Waals surface area contributed by atoms with Gasteiger partial charge >= 0.3 is 0 Å². The number of aromatic nitrogens is 2. The molecule has 7 heteroatoms. The molecule has 0 aliphatic carbocycles. The molecule has 1 aromatic heterocycles. The van der Waals surface area contributed by atoms with Crippen LogP contribution in [-0.2, 0) is 13.0 Å². The molecule has 4 rings (SSSR count). The number of likely N-dealkylation sites (N-methyl/N-ethyl adjacent to an activating group) is 1. The molecule has 0 saturated carbocycles. The molecule has 1 saturated heterocycles. The van der Waals surface area contributed by atoms with Crippen LogP contribution in [0.15, 0.2) is 24.3 Å². The number of hydrogen-bond donors (Lipinski definition) is 1. The Bertz CT molecular complexity index is 822. The van der Waals surface area contributed by atoms with Crippen LogP contribution >= 0.6 is 0 Å². The largest absolute Gasteiger partial charge is 0.493 e. The summed E-state index contributed by atoms with van der Waals surface area (Å²) < 4.78 is 19.0. The minimum atomic E-state index is -0.304.